The molecule has 0 aliphatic heterocycles. The standard InChI is InChI=1S/C16H14N4O3/c1-11-6-7-12(2)19(11)18-16(21)14(10-17)8-13-4-3-5-15(9-13)20(22)23/h3-9H,1-2H3,(H,18,21)/b14-8+. The molecule has 2 rings (SSSR count). The minimum absolute atomic E-state index is 0.103. The van der Waals surface area contributed by atoms with Crippen LogP contribution in [-0.2, 0) is 4.79 Å². The summed E-state index contributed by atoms with van der Waals surface area (Å²) in [4.78, 5) is 22.4. The maximum atomic E-state index is 12.2. The second-order valence-corrected chi connectivity index (χ2v) is 4.91. The van der Waals surface area contributed by atoms with Gasteiger partial charge in [0.25, 0.3) is 11.6 Å². The smallest absolute Gasteiger partial charge is 0.267 e. The predicted molar refractivity (Wildman–Crippen MR) is 85.0 cm³/mol. The number of nitro groups is 1. The van der Waals surface area contributed by atoms with Gasteiger partial charge in [-0.05, 0) is 37.6 Å². The summed E-state index contributed by atoms with van der Waals surface area (Å²) in [6.07, 6.45) is 1.32. The van der Waals surface area contributed by atoms with Crippen LogP contribution in [-0.4, -0.2) is 15.5 Å². The van der Waals surface area contributed by atoms with Crippen LogP contribution < -0.4 is 5.43 Å². The van der Waals surface area contributed by atoms with Gasteiger partial charge in [0, 0.05) is 23.5 Å². The summed E-state index contributed by atoms with van der Waals surface area (Å²) >= 11 is 0. The van der Waals surface area contributed by atoms with Crippen molar-refractivity contribution in [1.29, 1.82) is 5.26 Å². The molecule has 0 saturated heterocycles. The largest absolute Gasteiger partial charge is 0.280 e. The van der Waals surface area contributed by atoms with E-state index in [0.29, 0.717) is 5.56 Å². The zero-order chi connectivity index (χ0) is 17.0. The Hall–Kier alpha value is -3.40. The Bertz CT molecular complexity index is 824. The summed E-state index contributed by atoms with van der Waals surface area (Å²) in [5, 5.41) is 19.9. The van der Waals surface area contributed by atoms with Gasteiger partial charge in [-0.25, -0.2) is 0 Å². The summed E-state index contributed by atoms with van der Waals surface area (Å²) in [5.74, 6) is -0.582. The van der Waals surface area contributed by atoms with E-state index in [1.807, 2.05) is 32.0 Å². The lowest BCUT2D eigenvalue weighted by Gasteiger charge is -2.10. The van der Waals surface area contributed by atoms with Crippen LogP contribution in [0.25, 0.3) is 6.08 Å². The Balaban J connectivity index is 2.29. The quantitative estimate of drug-likeness (QED) is 0.406. The van der Waals surface area contributed by atoms with Crippen LogP contribution in [0, 0.1) is 35.3 Å². The van der Waals surface area contributed by atoms with Crippen LogP contribution in [0.3, 0.4) is 0 Å². The van der Waals surface area contributed by atoms with E-state index in [1.165, 1.54) is 24.3 Å². The van der Waals surface area contributed by atoms with Gasteiger partial charge in [0.2, 0.25) is 0 Å². The van der Waals surface area contributed by atoms with Gasteiger partial charge in [0.05, 0.1) is 4.92 Å². The molecule has 0 radical (unpaired) electrons. The maximum Gasteiger partial charge on any atom is 0.280 e. The van der Waals surface area contributed by atoms with Crippen LogP contribution in [0.5, 0.6) is 0 Å². The van der Waals surface area contributed by atoms with Crippen molar-refractivity contribution in [3.8, 4) is 6.07 Å². The third kappa shape index (κ3) is 3.63. The number of aromatic nitrogens is 1. The summed E-state index contributed by atoms with van der Waals surface area (Å²) in [6.45, 7) is 3.65. The number of nitrogens with one attached hydrogen (secondary N) is 1. The third-order valence-corrected chi connectivity index (χ3v) is 3.24. The van der Waals surface area contributed by atoms with Gasteiger partial charge in [-0.15, -0.1) is 0 Å². The van der Waals surface area contributed by atoms with E-state index in [1.54, 1.807) is 10.7 Å². The highest BCUT2D eigenvalue weighted by molar-refractivity contribution is 6.06. The molecule has 1 aromatic heterocycles. The highest BCUT2D eigenvalue weighted by Crippen LogP contribution is 2.16. The molecule has 0 atom stereocenters. The highest BCUT2D eigenvalue weighted by Gasteiger charge is 2.12. The van der Waals surface area contributed by atoms with Crippen LogP contribution in [0.4, 0.5) is 5.69 Å². The van der Waals surface area contributed by atoms with Crippen molar-refractivity contribution >= 4 is 17.7 Å². The zero-order valence-electron chi connectivity index (χ0n) is 12.6. The fourth-order valence-electron chi connectivity index (χ4n) is 2.05. The molecule has 0 spiro atoms. The van der Waals surface area contributed by atoms with Gasteiger partial charge in [-0.1, -0.05) is 12.1 Å². The number of hydrogen-bond acceptors (Lipinski definition) is 4. The Labute approximate surface area is 132 Å². The first-order chi connectivity index (χ1) is 10.9. The Morgan fingerprint density at radius 2 is 1.96 bits per heavy atom. The lowest BCUT2D eigenvalue weighted by molar-refractivity contribution is -0.384. The number of carbonyl (C=O) groups is 1. The minimum Gasteiger partial charge on any atom is -0.267 e. The van der Waals surface area contributed by atoms with Crippen molar-refractivity contribution in [3.63, 3.8) is 0 Å². The normalized spacial score (nSPS) is 10.9. The average Bonchev–Trinajstić information content (AvgIpc) is 2.84. The molecule has 1 amide bonds. The van der Waals surface area contributed by atoms with E-state index in [-0.39, 0.29) is 11.3 Å². The second kappa shape index (κ2) is 6.58. The summed E-state index contributed by atoms with van der Waals surface area (Å²) in [7, 11) is 0. The molecule has 0 aliphatic carbocycles. The maximum absolute atomic E-state index is 12.2. The van der Waals surface area contributed by atoms with Crippen LogP contribution in [0.15, 0.2) is 42.0 Å². The van der Waals surface area contributed by atoms with Gasteiger partial charge in [0.1, 0.15) is 11.6 Å². The number of amides is 1. The predicted octanol–water partition coefficient (Wildman–Crippen LogP) is 2.69. The second-order valence-electron chi connectivity index (χ2n) is 4.91. The number of rotatable bonds is 4. The number of nitro benzene ring substituents is 1. The number of carbonyl (C=O) groups excluding carboxylic acids is 1. The van der Waals surface area contributed by atoms with Gasteiger partial charge in [-0.3, -0.25) is 25.0 Å². The monoisotopic (exact) mass is 310 g/mol. The molecule has 116 valence electrons. The van der Waals surface area contributed by atoms with Gasteiger partial charge in [-0.2, -0.15) is 5.26 Å². The molecule has 7 heteroatoms. The minimum atomic E-state index is -0.582. The first kappa shape index (κ1) is 16.0. The molecule has 1 aromatic carbocycles. The van der Waals surface area contributed by atoms with Gasteiger partial charge in [0.15, 0.2) is 0 Å². The molecule has 0 fully saturated rings. The SMILES string of the molecule is Cc1ccc(C)n1NC(=O)/C(C#N)=C/c1cccc([N+](=O)[O-])c1. The fourth-order valence-corrected chi connectivity index (χ4v) is 2.05. The molecule has 2 aromatic rings. The summed E-state index contributed by atoms with van der Waals surface area (Å²) in [6, 6.07) is 11.2. The summed E-state index contributed by atoms with van der Waals surface area (Å²) in [5.41, 5.74) is 4.43. The van der Waals surface area contributed by atoms with Crippen LogP contribution in [0.2, 0.25) is 0 Å². The highest BCUT2D eigenvalue weighted by atomic mass is 16.6. The molecule has 0 bridgehead atoms. The molecule has 0 aliphatic rings. The van der Waals surface area contributed by atoms with E-state index in [2.05, 4.69) is 5.43 Å². The number of hydrogen-bond donors (Lipinski definition) is 1. The number of non-ortho nitro benzene ring substituents is 1. The van der Waals surface area contributed by atoms with Crippen molar-refractivity contribution in [1.82, 2.24) is 4.68 Å². The van der Waals surface area contributed by atoms with Crippen LogP contribution >= 0.6 is 0 Å². The van der Waals surface area contributed by atoms with E-state index >= 15 is 0 Å². The number of aryl methyl sites for hydroxylation is 2. The Morgan fingerprint density at radius 3 is 2.52 bits per heavy atom. The van der Waals surface area contributed by atoms with Crippen molar-refractivity contribution in [2.24, 2.45) is 0 Å². The van der Waals surface area contributed by atoms with E-state index < -0.39 is 10.8 Å². The van der Waals surface area contributed by atoms with Crippen molar-refractivity contribution in [2.45, 2.75) is 13.8 Å². The third-order valence-electron chi connectivity index (χ3n) is 3.24. The van der Waals surface area contributed by atoms with Crippen molar-refractivity contribution < 1.29 is 9.72 Å². The number of nitriles is 1. The molecule has 0 saturated carbocycles. The average molecular weight is 310 g/mol. The molecule has 0 unspecified atom stereocenters. The Kier molecular flexibility index (Phi) is 4.57. The summed E-state index contributed by atoms with van der Waals surface area (Å²) < 4.78 is 1.57. The van der Waals surface area contributed by atoms with Crippen molar-refractivity contribution in [2.75, 3.05) is 5.43 Å². The molecule has 23 heavy (non-hydrogen) atoms. The van der Waals surface area contributed by atoms with E-state index in [9.17, 15) is 20.2 Å². The zero-order valence-corrected chi connectivity index (χ0v) is 12.6. The van der Waals surface area contributed by atoms with Gasteiger partial charge >= 0.3 is 0 Å². The molecule has 7 nitrogen and oxygen atoms in total. The van der Waals surface area contributed by atoms with E-state index in [4.69, 9.17) is 0 Å². The topological polar surface area (TPSA) is 101 Å². The molecule has 1 heterocycles. The fraction of sp³-hybridized carbons (Fsp3) is 0.125. The van der Waals surface area contributed by atoms with E-state index in [0.717, 1.165) is 11.4 Å². The number of nitrogens with zero attached hydrogens (tertiary/aromatic N) is 3. The molecular formula is C16H14N4O3. The van der Waals surface area contributed by atoms with Crippen molar-refractivity contribution in [3.05, 3.63) is 69.0 Å². The molecule has 1 N–H and O–H groups in total. The lowest BCUT2D eigenvalue weighted by atomic mass is 10.1. The lowest BCUT2D eigenvalue weighted by Crippen LogP contribution is -2.25. The Morgan fingerprint density at radius 1 is 1.30 bits per heavy atom. The molecular weight excluding hydrogens is 296 g/mol. The van der Waals surface area contributed by atoms with Crippen LogP contribution in [0.1, 0.15) is 17.0 Å². The first-order valence-electron chi connectivity index (χ1n) is 6.75. The number of benzene rings is 1. The van der Waals surface area contributed by atoms with Gasteiger partial charge < -0.3 is 0 Å². The first-order valence-corrected chi connectivity index (χ1v) is 6.75.